The fourth-order valence-corrected chi connectivity index (χ4v) is 1.60. The van der Waals surface area contributed by atoms with Crippen molar-refractivity contribution in [2.75, 3.05) is 0 Å². The molecule has 0 saturated carbocycles. The summed E-state index contributed by atoms with van der Waals surface area (Å²) in [5.74, 6) is 0. The Kier molecular flexibility index (Phi) is 2.64. The maximum absolute atomic E-state index is 4.58. The molecule has 0 amide bonds. The van der Waals surface area contributed by atoms with E-state index in [9.17, 15) is 0 Å². The van der Waals surface area contributed by atoms with Crippen LogP contribution >= 0.6 is 0 Å². The summed E-state index contributed by atoms with van der Waals surface area (Å²) in [6, 6.07) is 10.2. The van der Waals surface area contributed by atoms with Crippen LogP contribution in [0.4, 0.5) is 0 Å². The van der Waals surface area contributed by atoms with Crippen LogP contribution < -0.4 is 0 Å². The Hall–Kier alpha value is -1.89. The predicted molar refractivity (Wildman–Crippen MR) is 66.5 cm³/mol. The number of pyridine rings is 1. The average molecular weight is 195 g/mol. The molecule has 0 radical (unpaired) electrons. The molecule has 1 nitrogen and oxygen atoms in total. The molecular weight excluding hydrogens is 182 g/mol. The summed E-state index contributed by atoms with van der Waals surface area (Å²) in [7, 11) is 0. The highest BCUT2D eigenvalue weighted by Gasteiger charge is 2.00. The number of nitrogens with zero attached hydrogens (tertiary/aromatic N) is 1. The van der Waals surface area contributed by atoms with Gasteiger partial charge < -0.3 is 0 Å². The molecule has 0 unspecified atom stereocenters. The number of benzene rings is 1. The van der Waals surface area contributed by atoms with Crippen molar-refractivity contribution in [2.24, 2.45) is 0 Å². The average Bonchev–Trinajstić information content (AvgIpc) is 2.28. The van der Waals surface area contributed by atoms with Crippen molar-refractivity contribution in [3.05, 3.63) is 54.2 Å². The summed E-state index contributed by atoms with van der Waals surface area (Å²) in [6.45, 7) is 5.80. The van der Waals surface area contributed by atoms with Crippen LogP contribution in [0.3, 0.4) is 0 Å². The van der Waals surface area contributed by atoms with Crippen molar-refractivity contribution >= 4 is 23.1 Å². The van der Waals surface area contributed by atoms with Crippen LogP contribution in [0.15, 0.2) is 43.0 Å². The van der Waals surface area contributed by atoms with Crippen LogP contribution in [-0.2, 0) is 0 Å². The molecule has 1 aromatic heterocycles. The minimum atomic E-state index is 0.978. The molecule has 0 aliphatic carbocycles. The molecule has 0 bridgehead atoms. The number of allylic oxidation sites excluding steroid dienone is 1. The zero-order valence-electron chi connectivity index (χ0n) is 8.77. The standard InChI is InChI=1S/C14H13N/c1-3-7-13-11(4-2)10-12-8-5-6-9-14(12)15-13/h3-10H,2H2,1H3/b7-3-. The van der Waals surface area contributed by atoms with E-state index in [0.29, 0.717) is 0 Å². The van der Waals surface area contributed by atoms with Gasteiger partial charge in [0.1, 0.15) is 0 Å². The normalized spacial score (nSPS) is 11.0. The summed E-state index contributed by atoms with van der Waals surface area (Å²) in [6.07, 6.45) is 5.84. The molecule has 1 heterocycles. The minimum absolute atomic E-state index is 0.978. The molecule has 2 rings (SSSR count). The zero-order chi connectivity index (χ0) is 10.7. The third-order valence-corrected chi connectivity index (χ3v) is 2.33. The Morgan fingerprint density at radius 1 is 1.27 bits per heavy atom. The highest BCUT2D eigenvalue weighted by molar-refractivity contribution is 5.83. The number of aromatic nitrogens is 1. The van der Waals surface area contributed by atoms with Gasteiger partial charge in [0.25, 0.3) is 0 Å². The quantitative estimate of drug-likeness (QED) is 0.708. The van der Waals surface area contributed by atoms with Gasteiger partial charge in [-0.15, -0.1) is 0 Å². The SMILES string of the molecule is C=Cc1cc2ccccc2nc1/C=C\C. The maximum atomic E-state index is 4.58. The number of hydrogen-bond acceptors (Lipinski definition) is 1. The lowest BCUT2D eigenvalue weighted by Crippen LogP contribution is -1.88. The van der Waals surface area contributed by atoms with Gasteiger partial charge in [0.2, 0.25) is 0 Å². The third kappa shape index (κ3) is 1.82. The van der Waals surface area contributed by atoms with E-state index >= 15 is 0 Å². The number of rotatable bonds is 2. The predicted octanol–water partition coefficient (Wildman–Crippen LogP) is 3.91. The lowest BCUT2D eigenvalue weighted by Gasteiger charge is -2.03. The molecule has 0 aliphatic heterocycles. The summed E-state index contributed by atoms with van der Waals surface area (Å²) in [5.41, 5.74) is 3.08. The molecular formula is C14H13N. The smallest absolute Gasteiger partial charge is 0.0709 e. The molecule has 0 saturated heterocycles. The van der Waals surface area contributed by atoms with Gasteiger partial charge in [-0.05, 0) is 25.1 Å². The van der Waals surface area contributed by atoms with Gasteiger partial charge in [-0.1, -0.05) is 36.9 Å². The van der Waals surface area contributed by atoms with Crippen LogP contribution in [-0.4, -0.2) is 4.98 Å². The van der Waals surface area contributed by atoms with Gasteiger partial charge in [-0.3, -0.25) is 0 Å². The Morgan fingerprint density at radius 2 is 2.07 bits per heavy atom. The van der Waals surface area contributed by atoms with Gasteiger partial charge in [0.05, 0.1) is 11.2 Å². The van der Waals surface area contributed by atoms with E-state index in [4.69, 9.17) is 0 Å². The van der Waals surface area contributed by atoms with E-state index in [1.54, 1.807) is 0 Å². The molecule has 15 heavy (non-hydrogen) atoms. The third-order valence-electron chi connectivity index (χ3n) is 2.33. The fourth-order valence-electron chi connectivity index (χ4n) is 1.60. The topological polar surface area (TPSA) is 12.9 Å². The van der Waals surface area contributed by atoms with Gasteiger partial charge in [0, 0.05) is 10.9 Å². The first-order valence-electron chi connectivity index (χ1n) is 5.00. The first kappa shape index (κ1) is 9.66. The van der Waals surface area contributed by atoms with E-state index in [-0.39, 0.29) is 0 Å². The number of hydrogen-bond donors (Lipinski definition) is 0. The van der Waals surface area contributed by atoms with Gasteiger partial charge in [0.15, 0.2) is 0 Å². The fraction of sp³-hybridized carbons (Fsp3) is 0.0714. The van der Waals surface area contributed by atoms with Crippen molar-refractivity contribution in [2.45, 2.75) is 6.92 Å². The monoisotopic (exact) mass is 195 g/mol. The largest absolute Gasteiger partial charge is 0.248 e. The van der Waals surface area contributed by atoms with E-state index < -0.39 is 0 Å². The Balaban J connectivity index is 2.74. The second-order valence-corrected chi connectivity index (χ2v) is 3.36. The maximum Gasteiger partial charge on any atom is 0.0709 e. The van der Waals surface area contributed by atoms with Crippen LogP contribution in [0, 0.1) is 0 Å². The number of para-hydroxylation sites is 1. The zero-order valence-corrected chi connectivity index (χ0v) is 8.77. The lowest BCUT2D eigenvalue weighted by atomic mass is 10.1. The Bertz CT molecular complexity index is 524. The summed E-state index contributed by atoms with van der Waals surface area (Å²) in [4.78, 5) is 4.58. The van der Waals surface area contributed by atoms with Gasteiger partial charge in [-0.2, -0.15) is 0 Å². The molecule has 1 heteroatoms. The second kappa shape index (κ2) is 4.09. The second-order valence-electron chi connectivity index (χ2n) is 3.36. The van der Waals surface area contributed by atoms with Crippen molar-refractivity contribution in [1.82, 2.24) is 4.98 Å². The summed E-state index contributed by atoms with van der Waals surface area (Å²) >= 11 is 0. The molecule has 0 fully saturated rings. The molecule has 0 aliphatic rings. The molecule has 0 atom stereocenters. The van der Waals surface area contributed by atoms with Crippen LogP contribution in [0.25, 0.3) is 23.1 Å². The lowest BCUT2D eigenvalue weighted by molar-refractivity contribution is 1.35. The van der Waals surface area contributed by atoms with E-state index in [2.05, 4.69) is 23.7 Å². The van der Waals surface area contributed by atoms with Crippen molar-refractivity contribution < 1.29 is 0 Å². The van der Waals surface area contributed by atoms with Crippen molar-refractivity contribution in [3.8, 4) is 0 Å². The molecule has 1 aromatic carbocycles. The van der Waals surface area contributed by atoms with E-state index in [1.165, 1.54) is 0 Å². The van der Waals surface area contributed by atoms with Crippen molar-refractivity contribution in [1.29, 1.82) is 0 Å². The summed E-state index contributed by atoms with van der Waals surface area (Å²) < 4.78 is 0. The first-order valence-corrected chi connectivity index (χ1v) is 5.00. The van der Waals surface area contributed by atoms with Crippen LogP contribution in [0.2, 0.25) is 0 Å². The molecule has 0 spiro atoms. The van der Waals surface area contributed by atoms with E-state index in [1.807, 2.05) is 43.4 Å². The number of fused-ring (bicyclic) bond motifs is 1. The van der Waals surface area contributed by atoms with Crippen molar-refractivity contribution in [3.63, 3.8) is 0 Å². The van der Waals surface area contributed by atoms with Gasteiger partial charge in [-0.25, -0.2) is 4.98 Å². The minimum Gasteiger partial charge on any atom is -0.248 e. The first-order chi connectivity index (χ1) is 7.35. The highest BCUT2D eigenvalue weighted by atomic mass is 14.7. The van der Waals surface area contributed by atoms with E-state index in [0.717, 1.165) is 22.2 Å². The Morgan fingerprint density at radius 3 is 2.80 bits per heavy atom. The van der Waals surface area contributed by atoms with Crippen LogP contribution in [0.5, 0.6) is 0 Å². The molecule has 74 valence electrons. The van der Waals surface area contributed by atoms with Crippen LogP contribution in [0.1, 0.15) is 18.2 Å². The molecule has 0 N–H and O–H groups in total. The van der Waals surface area contributed by atoms with Gasteiger partial charge >= 0.3 is 0 Å². The Labute approximate surface area is 89.8 Å². The summed E-state index contributed by atoms with van der Waals surface area (Å²) in [5, 5.41) is 1.15. The highest BCUT2D eigenvalue weighted by Crippen LogP contribution is 2.18. The molecule has 2 aromatic rings.